The average molecular weight is 325 g/mol. The number of carbonyl (C=O) groups is 1. The van der Waals surface area contributed by atoms with Gasteiger partial charge in [-0.05, 0) is 36.4 Å². The van der Waals surface area contributed by atoms with E-state index in [0.29, 0.717) is 16.3 Å². The van der Waals surface area contributed by atoms with Crippen molar-refractivity contribution < 1.29 is 4.79 Å². The van der Waals surface area contributed by atoms with Crippen LogP contribution >= 0.6 is 11.6 Å². The predicted octanol–water partition coefficient (Wildman–Crippen LogP) is 3.74. The minimum Gasteiger partial charge on any atom is -0.321 e. The Labute approximate surface area is 138 Å². The van der Waals surface area contributed by atoms with E-state index >= 15 is 0 Å². The number of carbonyl (C=O) groups excluding carboxylic acids is 1. The smallest absolute Gasteiger partial charge is 0.255 e. The minimum absolute atomic E-state index is 0.169. The zero-order valence-electron chi connectivity index (χ0n) is 12.1. The van der Waals surface area contributed by atoms with Crippen molar-refractivity contribution in [2.24, 2.45) is 0 Å². The highest BCUT2D eigenvalue weighted by Gasteiger charge is 2.08. The molecule has 0 unspecified atom stereocenters. The number of para-hydroxylation sites is 1. The summed E-state index contributed by atoms with van der Waals surface area (Å²) < 4.78 is 1.48. The number of amides is 1. The van der Waals surface area contributed by atoms with Crippen molar-refractivity contribution in [2.75, 3.05) is 5.32 Å². The maximum atomic E-state index is 12.2. The van der Waals surface area contributed by atoms with Crippen molar-refractivity contribution in [3.8, 4) is 5.69 Å². The molecule has 0 aliphatic heterocycles. The number of benzene rings is 2. The lowest BCUT2D eigenvalue weighted by molar-refractivity contribution is 0.102. The number of halogens is 1. The number of aromatic nitrogens is 1. The van der Waals surface area contributed by atoms with Crippen molar-refractivity contribution in [3.05, 3.63) is 93.9 Å². The quantitative estimate of drug-likeness (QED) is 0.798. The predicted molar refractivity (Wildman–Crippen MR) is 91.4 cm³/mol. The van der Waals surface area contributed by atoms with Crippen LogP contribution in [0, 0.1) is 0 Å². The number of hydrogen-bond acceptors (Lipinski definition) is 2. The van der Waals surface area contributed by atoms with Gasteiger partial charge in [0.15, 0.2) is 0 Å². The van der Waals surface area contributed by atoms with Crippen LogP contribution in [-0.4, -0.2) is 10.5 Å². The van der Waals surface area contributed by atoms with Gasteiger partial charge in [-0.15, -0.1) is 0 Å². The molecule has 114 valence electrons. The summed E-state index contributed by atoms with van der Waals surface area (Å²) in [6, 6.07) is 18.9. The summed E-state index contributed by atoms with van der Waals surface area (Å²) >= 11 is 5.89. The molecule has 1 N–H and O–H groups in total. The lowest BCUT2D eigenvalue weighted by atomic mass is 10.2. The molecule has 0 saturated carbocycles. The van der Waals surface area contributed by atoms with Crippen LogP contribution in [0.2, 0.25) is 5.02 Å². The van der Waals surface area contributed by atoms with Gasteiger partial charge in [0.05, 0.1) is 5.69 Å². The summed E-state index contributed by atoms with van der Waals surface area (Å²) in [5.41, 5.74) is 1.54. The molecule has 0 saturated heterocycles. The van der Waals surface area contributed by atoms with E-state index in [4.69, 9.17) is 11.6 Å². The van der Waals surface area contributed by atoms with Crippen molar-refractivity contribution >= 4 is 23.2 Å². The monoisotopic (exact) mass is 324 g/mol. The molecule has 0 spiro atoms. The molecule has 0 radical (unpaired) electrons. The number of rotatable bonds is 3. The molecular weight excluding hydrogens is 312 g/mol. The first kappa shape index (κ1) is 15.1. The fourth-order valence-corrected chi connectivity index (χ4v) is 2.37. The molecule has 1 amide bonds. The van der Waals surface area contributed by atoms with Crippen LogP contribution < -0.4 is 10.9 Å². The van der Waals surface area contributed by atoms with Crippen molar-refractivity contribution in [2.45, 2.75) is 0 Å². The highest BCUT2D eigenvalue weighted by Crippen LogP contribution is 2.14. The van der Waals surface area contributed by atoms with E-state index in [9.17, 15) is 9.59 Å². The maximum absolute atomic E-state index is 12.2. The van der Waals surface area contributed by atoms with Gasteiger partial charge in [-0.2, -0.15) is 0 Å². The average Bonchev–Trinajstić information content (AvgIpc) is 2.57. The SMILES string of the molecule is O=C(Nc1ccc(=O)n(-c2ccccc2)c1)c1cccc(Cl)c1. The Kier molecular flexibility index (Phi) is 4.26. The standard InChI is InChI=1S/C18H13ClN2O2/c19-14-6-4-5-13(11-14)18(23)20-15-9-10-17(22)21(12-15)16-7-2-1-3-8-16/h1-12H,(H,20,23). The van der Waals surface area contributed by atoms with Gasteiger partial charge >= 0.3 is 0 Å². The third-order valence-corrected chi connectivity index (χ3v) is 3.53. The summed E-state index contributed by atoms with van der Waals surface area (Å²) in [4.78, 5) is 24.2. The van der Waals surface area contributed by atoms with Crippen LogP contribution in [-0.2, 0) is 0 Å². The zero-order valence-corrected chi connectivity index (χ0v) is 12.8. The normalized spacial score (nSPS) is 10.3. The highest BCUT2D eigenvalue weighted by atomic mass is 35.5. The molecule has 23 heavy (non-hydrogen) atoms. The number of pyridine rings is 1. The van der Waals surface area contributed by atoms with Crippen LogP contribution in [0.25, 0.3) is 5.69 Å². The van der Waals surface area contributed by atoms with Crippen LogP contribution in [0.4, 0.5) is 5.69 Å². The van der Waals surface area contributed by atoms with E-state index in [1.165, 1.54) is 10.6 Å². The molecule has 0 aliphatic rings. The molecule has 1 heterocycles. The Hall–Kier alpha value is -2.85. The second-order valence-electron chi connectivity index (χ2n) is 4.93. The first-order valence-electron chi connectivity index (χ1n) is 6.98. The third-order valence-electron chi connectivity index (χ3n) is 3.29. The lowest BCUT2D eigenvalue weighted by Crippen LogP contribution is -2.19. The largest absolute Gasteiger partial charge is 0.321 e. The van der Waals surface area contributed by atoms with E-state index in [1.807, 2.05) is 30.3 Å². The molecule has 3 rings (SSSR count). The van der Waals surface area contributed by atoms with E-state index in [-0.39, 0.29) is 11.5 Å². The van der Waals surface area contributed by atoms with Gasteiger partial charge in [0.2, 0.25) is 0 Å². The Morgan fingerprint density at radius 1 is 0.957 bits per heavy atom. The van der Waals surface area contributed by atoms with E-state index in [1.54, 1.807) is 36.5 Å². The van der Waals surface area contributed by atoms with Gasteiger partial charge < -0.3 is 5.32 Å². The maximum Gasteiger partial charge on any atom is 0.255 e. The molecule has 3 aromatic rings. The van der Waals surface area contributed by atoms with E-state index in [0.717, 1.165) is 5.69 Å². The molecule has 0 fully saturated rings. The Balaban J connectivity index is 1.90. The van der Waals surface area contributed by atoms with Gasteiger partial charge in [0.1, 0.15) is 0 Å². The highest BCUT2D eigenvalue weighted by molar-refractivity contribution is 6.31. The molecule has 0 aliphatic carbocycles. The van der Waals surface area contributed by atoms with E-state index in [2.05, 4.69) is 5.32 Å². The summed E-state index contributed by atoms with van der Waals surface area (Å²) in [6.45, 7) is 0. The molecule has 0 bridgehead atoms. The van der Waals surface area contributed by atoms with Crippen molar-refractivity contribution in [1.82, 2.24) is 4.57 Å². The second-order valence-corrected chi connectivity index (χ2v) is 5.36. The summed E-state index contributed by atoms with van der Waals surface area (Å²) in [5.74, 6) is -0.286. The zero-order chi connectivity index (χ0) is 16.2. The van der Waals surface area contributed by atoms with Crippen molar-refractivity contribution in [1.29, 1.82) is 0 Å². The Bertz CT molecular complexity index is 904. The molecular formula is C18H13ClN2O2. The molecule has 0 atom stereocenters. The van der Waals surface area contributed by atoms with Crippen LogP contribution in [0.5, 0.6) is 0 Å². The van der Waals surface area contributed by atoms with E-state index < -0.39 is 0 Å². The van der Waals surface area contributed by atoms with Gasteiger partial charge in [-0.3, -0.25) is 14.2 Å². The molecule has 2 aromatic carbocycles. The topological polar surface area (TPSA) is 51.1 Å². The summed E-state index contributed by atoms with van der Waals surface area (Å²) in [6.07, 6.45) is 1.60. The number of nitrogens with zero attached hydrogens (tertiary/aromatic N) is 1. The number of hydrogen-bond donors (Lipinski definition) is 1. The first-order chi connectivity index (χ1) is 11.1. The molecule has 4 nitrogen and oxygen atoms in total. The Morgan fingerprint density at radius 3 is 2.48 bits per heavy atom. The Morgan fingerprint density at radius 2 is 1.74 bits per heavy atom. The number of anilines is 1. The molecule has 1 aromatic heterocycles. The van der Waals surface area contributed by atoms with Crippen LogP contribution in [0.3, 0.4) is 0 Å². The minimum atomic E-state index is -0.286. The van der Waals surface area contributed by atoms with Crippen LogP contribution in [0.1, 0.15) is 10.4 Å². The third kappa shape index (κ3) is 3.49. The van der Waals surface area contributed by atoms with Crippen LogP contribution in [0.15, 0.2) is 77.7 Å². The fourth-order valence-electron chi connectivity index (χ4n) is 2.18. The second kappa shape index (κ2) is 6.50. The van der Waals surface area contributed by atoms with Gasteiger partial charge in [-0.25, -0.2) is 0 Å². The fraction of sp³-hybridized carbons (Fsp3) is 0. The summed E-state index contributed by atoms with van der Waals surface area (Å²) in [5, 5.41) is 3.26. The van der Waals surface area contributed by atoms with Gasteiger partial charge in [0, 0.05) is 28.5 Å². The lowest BCUT2D eigenvalue weighted by Gasteiger charge is -2.09. The first-order valence-corrected chi connectivity index (χ1v) is 7.36. The number of nitrogens with one attached hydrogen (secondary N) is 1. The molecule has 5 heteroatoms. The summed E-state index contributed by atoms with van der Waals surface area (Å²) in [7, 11) is 0. The van der Waals surface area contributed by atoms with Gasteiger partial charge in [-0.1, -0.05) is 35.9 Å². The van der Waals surface area contributed by atoms with Crippen molar-refractivity contribution in [3.63, 3.8) is 0 Å². The van der Waals surface area contributed by atoms with Gasteiger partial charge in [0.25, 0.3) is 11.5 Å².